The number of hydrogen-bond donors (Lipinski definition) is 2. The summed E-state index contributed by atoms with van der Waals surface area (Å²) in [5.41, 5.74) is 4.98. The number of nitrogens with two attached hydrogens (primary N) is 1. The van der Waals surface area contributed by atoms with Crippen molar-refractivity contribution in [3.05, 3.63) is 0 Å². The highest BCUT2D eigenvalue weighted by atomic mass is 32.2. The first kappa shape index (κ1) is 10.4. The fraction of sp³-hybridized carbons (Fsp3) is 0.800. The maximum atomic E-state index is 10.9. The molecule has 0 aliphatic heterocycles. The second kappa shape index (κ2) is 3.68. The van der Waals surface area contributed by atoms with Crippen LogP contribution in [0.25, 0.3) is 0 Å². The van der Waals surface area contributed by atoms with E-state index in [0.29, 0.717) is 0 Å². The van der Waals surface area contributed by atoms with Crippen LogP contribution in [0.15, 0.2) is 0 Å². The number of rotatable bonds is 4. The SMILES string of the molecule is C[C@@H](C(=O)O)S(=O)(=O)CCN. The van der Waals surface area contributed by atoms with E-state index in [9.17, 15) is 13.2 Å². The van der Waals surface area contributed by atoms with Gasteiger partial charge in [-0.1, -0.05) is 0 Å². The molecule has 0 bridgehead atoms. The first-order chi connectivity index (χ1) is 4.91. The number of aliphatic carboxylic acids is 1. The average Bonchev–Trinajstić information content (AvgIpc) is 1.86. The normalized spacial score (nSPS) is 14.4. The Morgan fingerprint density at radius 3 is 2.36 bits per heavy atom. The summed E-state index contributed by atoms with van der Waals surface area (Å²) < 4.78 is 21.8. The zero-order valence-electron chi connectivity index (χ0n) is 6.15. The standard InChI is InChI=1S/C5H11NO4S/c1-4(5(7)8)11(9,10)3-2-6/h4H,2-3,6H2,1H3,(H,7,8)/t4-/m0/s1. The van der Waals surface area contributed by atoms with Gasteiger partial charge in [0.25, 0.3) is 0 Å². The Bertz CT molecular complexity index is 233. The maximum Gasteiger partial charge on any atom is 0.321 e. The minimum atomic E-state index is -3.53. The quantitative estimate of drug-likeness (QED) is 0.569. The van der Waals surface area contributed by atoms with Gasteiger partial charge in [0, 0.05) is 6.54 Å². The molecule has 0 saturated carbocycles. The van der Waals surface area contributed by atoms with E-state index in [-0.39, 0.29) is 12.3 Å². The highest BCUT2D eigenvalue weighted by Crippen LogP contribution is 2.00. The Labute approximate surface area is 65.1 Å². The van der Waals surface area contributed by atoms with Crippen LogP contribution in [0.5, 0.6) is 0 Å². The second-order valence-electron chi connectivity index (χ2n) is 2.14. The molecule has 0 aromatic heterocycles. The highest BCUT2D eigenvalue weighted by Gasteiger charge is 2.26. The van der Waals surface area contributed by atoms with Crippen LogP contribution >= 0.6 is 0 Å². The van der Waals surface area contributed by atoms with Crippen molar-refractivity contribution in [2.45, 2.75) is 12.2 Å². The number of sulfone groups is 1. The van der Waals surface area contributed by atoms with Gasteiger partial charge in [-0.15, -0.1) is 0 Å². The molecule has 3 N–H and O–H groups in total. The summed E-state index contributed by atoms with van der Waals surface area (Å²) in [7, 11) is -3.53. The van der Waals surface area contributed by atoms with Crippen molar-refractivity contribution < 1.29 is 18.3 Å². The lowest BCUT2D eigenvalue weighted by atomic mass is 10.5. The molecule has 6 heteroatoms. The maximum absolute atomic E-state index is 10.9. The number of carboxylic acid groups (broad SMARTS) is 1. The molecule has 0 aliphatic carbocycles. The van der Waals surface area contributed by atoms with Crippen LogP contribution in [0.3, 0.4) is 0 Å². The van der Waals surface area contributed by atoms with Gasteiger partial charge < -0.3 is 10.8 Å². The lowest BCUT2D eigenvalue weighted by molar-refractivity contribution is -0.136. The summed E-state index contributed by atoms with van der Waals surface area (Å²) >= 11 is 0. The fourth-order valence-corrected chi connectivity index (χ4v) is 1.48. The molecule has 0 rings (SSSR count). The largest absolute Gasteiger partial charge is 0.480 e. The lowest BCUT2D eigenvalue weighted by Gasteiger charge is -2.05. The van der Waals surface area contributed by atoms with E-state index >= 15 is 0 Å². The van der Waals surface area contributed by atoms with Crippen LogP contribution in [0.2, 0.25) is 0 Å². The molecule has 11 heavy (non-hydrogen) atoms. The number of hydrogen-bond acceptors (Lipinski definition) is 4. The summed E-state index contributed by atoms with van der Waals surface area (Å²) in [6.07, 6.45) is 0. The smallest absolute Gasteiger partial charge is 0.321 e. The molecule has 0 fully saturated rings. The summed E-state index contributed by atoms with van der Waals surface area (Å²) in [4.78, 5) is 10.2. The van der Waals surface area contributed by atoms with Gasteiger partial charge in [0.15, 0.2) is 15.1 Å². The zero-order valence-corrected chi connectivity index (χ0v) is 6.97. The van der Waals surface area contributed by atoms with Gasteiger partial charge in [-0.2, -0.15) is 0 Å². The molecule has 0 aromatic carbocycles. The predicted octanol–water partition coefficient (Wildman–Crippen LogP) is -1.17. The third kappa shape index (κ3) is 2.85. The monoisotopic (exact) mass is 181 g/mol. The van der Waals surface area contributed by atoms with E-state index in [1.165, 1.54) is 0 Å². The summed E-state index contributed by atoms with van der Waals surface area (Å²) in [6, 6.07) is 0. The Morgan fingerprint density at radius 1 is 1.64 bits per heavy atom. The van der Waals surface area contributed by atoms with Crippen molar-refractivity contribution >= 4 is 15.8 Å². The topological polar surface area (TPSA) is 97.5 Å². The first-order valence-corrected chi connectivity index (χ1v) is 4.78. The van der Waals surface area contributed by atoms with Crippen molar-refractivity contribution in [2.24, 2.45) is 5.73 Å². The van der Waals surface area contributed by atoms with Crippen LogP contribution in [0, 0.1) is 0 Å². The van der Waals surface area contributed by atoms with E-state index in [2.05, 4.69) is 0 Å². The van der Waals surface area contributed by atoms with E-state index in [4.69, 9.17) is 10.8 Å². The number of carbonyl (C=O) groups is 1. The number of carboxylic acids is 1. The molecule has 0 aliphatic rings. The molecule has 5 nitrogen and oxygen atoms in total. The summed E-state index contributed by atoms with van der Waals surface area (Å²) in [6.45, 7) is 1.09. The summed E-state index contributed by atoms with van der Waals surface area (Å²) in [5.74, 6) is -1.61. The average molecular weight is 181 g/mol. The molecule has 0 heterocycles. The van der Waals surface area contributed by atoms with Crippen LogP contribution in [-0.4, -0.2) is 37.0 Å². The third-order valence-electron chi connectivity index (χ3n) is 1.29. The molecule has 1 atom stereocenters. The second-order valence-corrected chi connectivity index (χ2v) is 4.58. The zero-order chi connectivity index (χ0) is 9.07. The molecule has 0 unspecified atom stereocenters. The van der Waals surface area contributed by atoms with Gasteiger partial charge in [-0.25, -0.2) is 8.42 Å². The lowest BCUT2D eigenvalue weighted by Crippen LogP contribution is -2.31. The van der Waals surface area contributed by atoms with E-state index in [1.807, 2.05) is 0 Å². The Hall–Kier alpha value is -0.620. The fourth-order valence-electron chi connectivity index (χ4n) is 0.495. The van der Waals surface area contributed by atoms with E-state index in [0.717, 1.165) is 6.92 Å². The predicted molar refractivity (Wildman–Crippen MR) is 39.9 cm³/mol. The van der Waals surface area contributed by atoms with Gasteiger partial charge in [-0.3, -0.25) is 4.79 Å². The van der Waals surface area contributed by atoms with Crippen molar-refractivity contribution in [3.63, 3.8) is 0 Å². The van der Waals surface area contributed by atoms with Crippen molar-refractivity contribution in [3.8, 4) is 0 Å². The molecule has 0 saturated heterocycles. The van der Waals surface area contributed by atoms with Crippen LogP contribution in [-0.2, 0) is 14.6 Å². The summed E-state index contributed by atoms with van der Waals surface area (Å²) in [5, 5.41) is 6.97. The molecule has 0 spiro atoms. The molecular formula is C5H11NO4S. The Morgan fingerprint density at radius 2 is 2.09 bits per heavy atom. The molecular weight excluding hydrogens is 170 g/mol. The van der Waals surface area contributed by atoms with Gasteiger partial charge in [0.2, 0.25) is 0 Å². The molecule has 0 radical (unpaired) electrons. The Balaban J connectivity index is 4.44. The van der Waals surface area contributed by atoms with Gasteiger partial charge in [0.05, 0.1) is 5.75 Å². The molecule has 66 valence electrons. The van der Waals surface area contributed by atoms with Crippen molar-refractivity contribution in [1.29, 1.82) is 0 Å². The molecule has 0 amide bonds. The van der Waals surface area contributed by atoms with E-state index in [1.54, 1.807) is 0 Å². The Kier molecular flexibility index (Phi) is 3.47. The van der Waals surface area contributed by atoms with Crippen molar-refractivity contribution in [1.82, 2.24) is 0 Å². The van der Waals surface area contributed by atoms with Gasteiger partial charge in [0.1, 0.15) is 0 Å². The van der Waals surface area contributed by atoms with Crippen LogP contribution in [0.1, 0.15) is 6.92 Å². The minimum absolute atomic E-state index is 0.0417. The van der Waals surface area contributed by atoms with Crippen LogP contribution in [0.4, 0.5) is 0 Å². The van der Waals surface area contributed by atoms with Crippen LogP contribution < -0.4 is 5.73 Å². The minimum Gasteiger partial charge on any atom is -0.480 e. The van der Waals surface area contributed by atoms with Gasteiger partial charge >= 0.3 is 5.97 Å². The molecule has 0 aromatic rings. The van der Waals surface area contributed by atoms with Crippen molar-refractivity contribution in [2.75, 3.05) is 12.3 Å². The third-order valence-corrected chi connectivity index (χ3v) is 3.37. The highest BCUT2D eigenvalue weighted by molar-refractivity contribution is 7.92. The first-order valence-electron chi connectivity index (χ1n) is 3.06. The van der Waals surface area contributed by atoms with E-state index < -0.39 is 21.1 Å². The van der Waals surface area contributed by atoms with Gasteiger partial charge in [-0.05, 0) is 6.92 Å².